The van der Waals surface area contributed by atoms with E-state index in [2.05, 4.69) is 63.8 Å². The van der Waals surface area contributed by atoms with Gasteiger partial charge in [-0.15, -0.1) is 11.8 Å². The number of nitrogens with zero attached hydrogens (tertiary/aromatic N) is 1. The summed E-state index contributed by atoms with van der Waals surface area (Å²) in [5.74, 6) is 1.05. The number of carbonyl (C=O) groups is 1. The van der Waals surface area contributed by atoms with Crippen molar-refractivity contribution in [2.24, 2.45) is 11.3 Å². The van der Waals surface area contributed by atoms with Crippen LogP contribution in [-0.2, 0) is 4.79 Å². The molecular formula is C20H29NOS. The van der Waals surface area contributed by atoms with Gasteiger partial charge in [0.05, 0.1) is 10.1 Å². The first kappa shape index (κ1) is 16.9. The van der Waals surface area contributed by atoms with E-state index in [0.29, 0.717) is 5.41 Å². The lowest BCUT2D eigenvalue weighted by Crippen LogP contribution is -2.48. The number of rotatable bonds is 1. The summed E-state index contributed by atoms with van der Waals surface area (Å²) in [6.07, 6.45) is 4.67. The molecule has 0 bridgehead atoms. The number of benzene rings is 1. The highest BCUT2D eigenvalue weighted by Gasteiger charge is 2.52. The van der Waals surface area contributed by atoms with Crippen molar-refractivity contribution in [3.05, 3.63) is 29.8 Å². The molecule has 1 atom stereocenters. The first-order chi connectivity index (χ1) is 10.7. The van der Waals surface area contributed by atoms with Gasteiger partial charge in [0.25, 0.3) is 0 Å². The maximum absolute atomic E-state index is 12.8. The Morgan fingerprint density at radius 3 is 2.22 bits per heavy atom. The summed E-state index contributed by atoms with van der Waals surface area (Å²) in [6, 6.07) is 8.46. The standard InChI is InChI=1S/C20H29NOS/c1-14-6-8-17(9-7-14)21-18(22)15(2)23-20(21)12-10-16(11-13-20)19(3,4)5/h6-9,15-16H,10-13H2,1-5H3/t15-,16?,20?/m0/s1. The van der Waals surface area contributed by atoms with Crippen LogP contribution in [0.25, 0.3) is 0 Å². The minimum Gasteiger partial charge on any atom is -0.296 e. The van der Waals surface area contributed by atoms with Gasteiger partial charge in [-0.1, -0.05) is 38.5 Å². The first-order valence-electron chi connectivity index (χ1n) is 8.81. The summed E-state index contributed by atoms with van der Waals surface area (Å²) in [5.41, 5.74) is 2.69. The Morgan fingerprint density at radius 2 is 1.70 bits per heavy atom. The van der Waals surface area contributed by atoms with Crippen molar-refractivity contribution in [1.82, 2.24) is 0 Å². The van der Waals surface area contributed by atoms with E-state index in [1.807, 2.05) is 11.8 Å². The lowest BCUT2D eigenvalue weighted by atomic mass is 9.71. The third-order valence-corrected chi connectivity index (χ3v) is 7.24. The minimum absolute atomic E-state index is 0.0203. The maximum atomic E-state index is 12.8. The van der Waals surface area contributed by atoms with E-state index < -0.39 is 0 Å². The molecule has 0 N–H and O–H groups in total. The van der Waals surface area contributed by atoms with Gasteiger partial charge >= 0.3 is 0 Å². The summed E-state index contributed by atoms with van der Waals surface area (Å²) in [4.78, 5) is 15.0. The van der Waals surface area contributed by atoms with Crippen molar-refractivity contribution in [2.45, 2.75) is 70.4 Å². The Labute approximate surface area is 145 Å². The molecule has 1 spiro atoms. The quantitative estimate of drug-likeness (QED) is 0.687. The van der Waals surface area contributed by atoms with E-state index in [9.17, 15) is 4.79 Å². The smallest absolute Gasteiger partial charge is 0.241 e. The number of hydrogen-bond acceptors (Lipinski definition) is 2. The molecule has 1 heterocycles. The Bertz CT molecular complexity index is 579. The van der Waals surface area contributed by atoms with Crippen LogP contribution in [0.4, 0.5) is 5.69 Å². The van der Waals surface area contributed by atoms with Crippen LogP contribution in [0.3, 0.4) is 0 Å². The van der Waals surface area contributed by atoms with Crippen molar-refractivity contribution >= 4 is 23.4 Å². The molecular weight excluding hydrogens is 302 g/mol. The second-order valence-electron chi connectivity index (χ2n) is 8.36. The molecule has 0 radical (unpaired) electrons. The van der Waals surface area contributed by atoms with Crippen molar-refractivity contribution < 1.29 is 4.79 Å². The van der Waals surface area contributed by atoms with E-state index in [1.165, 1.54) is 18.4 Å². The lowest BCUT2D eigenvalue weighted by Gasteiger charge is -2.45. The van der Waals surface area contributed by atoms with Crippen molar-refractivity contribution in [1.29, 1.82) is 0 Å². The molecule has 0 unspecified atom stereocenters. The number of hydrogen-bond donors (Lipinski definition) is 0. The van der Waals surface area contributed by atoms with Crippen LogP contribution < -0.4 is 4.90 Å². The molecule has 1 saturated carbocycles. The van der Waals surface area contributed by atoms with Crippen LogP contribution in [0.1, 0.15) is 58.9 Å². The molecule has 1 aliphatic heterocycles. The zero-order chi connectivity index (χ0) is 16.8. The van der Waals surface area contributed by atoms with Gasteiger partial charge in [-0.3, -0.25) is 9.69 Å². The van der Waals surface area contributed by atoms with Gasteiger partial charge in [0.2, 0.25) is 5.91 Å². The van der Waals surface area contributed by atoms with Crippen LogP contribution in [-0.4, -0.2) is 16.0 Å². The highest BCUT2D eigenvalue weighted by Crippen LogP contribution is 2.54. The van der Waals surface area contributed by atoms with Crippen LogP contribution in [0.15, 0.2) is 24.3 Å². The molecule has 23 heavy (non-hydrogen) atoms. The fourth-order valence-corrected chi connectivity index (χ4v) is 5.78. The Kier molecular flexibility index (Phi) is 4.29. The molecule has 3 rings (SSSR count). The molecule has 126 valence electrons. The molecule has 1 aromatic carbocycles. The Hall–Kier alpha value is -0.960. The molecule has 1 amide bonds. The Balaban J connectivity index is 1.88. The fourth-order valence-electron chi connectivity index (χ4n) is 4.15. The van der Waals surface area contributed by atoms with Gasteiger partial charge in [-0.25, -0.2) is 0 Å². The first-order valence-corrected chi connectivity index (χ1v) is 9.69. The van der Waals surface area contributed by atoms with Gasteiger partial charge < -0.3 is 0 Å². The number of thioether (sulfide) groups is 1. The van der Waals surface area contributed by atoms with Crippen molar-refractivity contribution in [3.63, 3.8) is 0 Å². The number of amides is 1. The van der Waals surface area contributed by atoms with Crippen molar-refractivity contribution in [3.8, 4) is 0 Å². The van der Waals surface area contributed by atoms with Gasteiger partial charge in [0.15, 0.2) is 0 Å². The second kappa shape index (κ2) is 5.84. The van der Waals surface area contributed by atoms with E-state index in [4.69, 9.17) is 0 Å². The van der Waals surface area contributed by atoms with Crippen LogP contribution in [0.5, 0.6) is 0 Å². The summed E-state index contributed by atoms with van der Waals surface area (Å²) in [7, 11) is 0. The molecule has 2 aliphatic rings. The molecule has 1 saturated heterocycles. The second-order valence-corrected chi connectivity index (χ2v) is 10.1. The minimum atomic E-state index is -0.0203. The number of aryl methyl sites for hydroxylation is 1. The predicted octanol–water partition coefficient (Wildman–Crippen LogP) is 5.40. The average Bonchev–Trinajstić information content (AvgIpc) is 2.71. The lowest BCUT2D eigenvalue weighted by molar-refractivity contribution is -0.118. The third kappa shape index (κ3) is 3.05. The predicted molar refractivity (Wildman–Crippen MR) is 99.9 cm³/mol. The normalized spacial score (nSPS) is 31.9. The van der Waals surface area contributed by atoms with Crippen molar-refractivity contribution in [2.75, 3.05) is 4.90 Å². The summed E-state index contributed by atoms with van der Waals surface area (Å²) in [6.45, 7) is 11.2. The van der Waals surface area contributed by atoms with Gasteiger partial charge in [-0.05, 0) is 63.0 Å². The molecule has 3 heteroatoms. The van der Waals surface area contributed by atoms with Gasteiger partial charge in [0, 0.05) is 5.69 Å². The topological polar surface area (TPSA) is 20.3 Å². The highest BCUT2D eigenvalue weighted by atomic mass is 32.2. The highest BCUT2D eigenvalue weighted by molar-refractivity contribution is 8.02. The number of anilines is 1. The molecule has 0 aromatic heterocycles. The zero-order valence-corrected chi connectivity index (χ0v) is 15.9. The van der Waals surface area contributed by atoms with Crippen LogP contribution >= 0.6 is 11.8 Å². The van der Waals surface area contributed by atoms with E-state index >= 15 is 0 Å². The number of carbonyl (C=O) groups excluding carboxylic acids is 1. The van der Waals surface area contributed by atoms with Gasteiger partial charge in [0.1, 0.15) is 0 Å². The monoisotopic (exact) mass is 331 g/mol. The molecule has 2 nitrogen and oxygen atoms in total. The van der Waals surface area contributed by atoms with Gasteiger partial charge in [-0.2, -0.15) is 0 Å². The Morgan fingerprint density at radius 1 is 1.13 bits per heavy atom. The molecule has 1 aliphatic carbocycles. The van der Waals surface area contributed by atoms with Crippen LogP contribution in [0, 0.1) is 18.3 Å². The van der Waals surface area contributed by atoms with E-state index in [1.54, 1.807) is 0 Å². The van der Waals surface area contributed by atoms with E-state index in [-0.39, 0.29) is 16.0 Å². The fraction of sp³-hybridized carbons (Fsp3) is 0.650. The zero-order valence-electron chi connectivity index (χ0n) is 15.1. The molecule has 2 fully saturated rings. The average molecular weight is 332 g/mol. The maximum Gasteiger partial charge on any atom is 0.241 e. The summed E-state index contributed by atoms with van der Waals surface area (Å²) >= 11 is 1.89. The largest absolute Gasteiger partial charge is 0.296 e. The van der Waals surface area contributed by atoms with Crippen LogP contribution in [0.2, 0.25) is 0 Å². The third-order valence-electron chi connectivity index (χ3n) is 5.66. The SMILES string of the molecule is Cc1ccc(N2C(=O)[C@H](C)SC23CCC(C(C)(C)C)CC3)cc1. The molecule has 1 aromatic rings. The summed E-state index contributed by atoms with van der Waals surface area (Å²) in [5, 5.41) is 0.0717. The summed E-state index contributed by atoms with van der Waals surface area (Å²) < 4.78 is 0. The van der Waals surface area contributed by atoms with E-state index in [0.717, 1.165) is 24.4 Å².